The molecular formula is C12H18N4O2. The van der Waals surface area contributed by atoms with E-state index in [0.717, 1.165) is 5.56 Å². The van der Waals surface area contributed by atoms with Gasteiger partial charge in [-0.2, -0.15) is 0 Å². The van der Waals surface area contributed by atoms with Crippen LogP contribution in [-0.4, -0.2) is 42.5 Å². The molecule has 1 atom stereocenters. The number of pyridine rings is 1. The SMILES string of the molecule is CC(NC(=O)CNC(=O)N(C)C)c1cccnc1. The van der Waals surface area contributed by atoms with Crippen LogP contribution in [0.1, 0.15) is 18.5 Å². The van der Waals surface area contributed by atoms with E-state index in [2.05, 4.69) is 15.6 Å². The molecule has 0 aliphatic rings. The minimum atomic E-state index is -0.292. The van der Waals surface area contributed by atoms with Crippen LogP contribution in [0.25, 0.3) is 0 Å². The summed E-state index contributed by atoms with van der Waals surface area (Å²) >= 11 is 0. The monoisotopic (exact) mass is 250 g/mol. The molecule has 18 heavy (non-hydrogen) atoms. The van der Waals surface area contributed by atoms with Crippen molar-refractivity contribution in [2.75, 3.05) is 20.6 Å². The molecule has 0 spiro atoms. The zero-order valence-corrected chi connectivity index (χ0v) is 10.8. The summed E-state index contributed by atoms with van der Waals surface area (Å²) in [4.78, 5) is 28.2. The fraction of sp³-hybridized carbons (Fsp3) is 0.417. The van der Waals surface area contributed by atoms with Crippen molar-refractivity contribution in [1.82, 2.24) is 20.5 Å². The maximum atomic E-state index is 11.6. The van der Waals surface area contributed by atoms with E-state index >= 15 is 0 Å². The Balaban J connectivity index is 2.39. The van der Waals surface area contributed by atoms with Crippen molar-refractivity contribution in [3.63, 3.8) is 0 Å². The number of amides is 3. The van der Waals surface area contributed by atoms with Crippen LogP contribution in [0, 0.1) is 0 Å². The first-order chi connectivity index (χ1) is 8.50. The second-order valence-electron chi connectivity index (χ2n) is 4.13. The van der Waals surface area contributed by atoms with Crippen molar-refractivity contribution in [3.05, 3.63) is 30.1 Å². The van der Waals surface area contributed by atoms with Gasteiger partial charge in [0.05, 0.1) is 12.6 Å². The van der Waals surface area contributed by atoms with Crippen molar-refractivity contribution >= 4 is 11.9 Å². The Labute approximate surface area is 106 Å². The molecule has 1 aromatic rings. The zero-order chi connectivity index (χ0) is 13.5. The molecule has 0 aromatic carbocycles. The van der Waals surface area contributed by atoms with Gasteiger partial charge in [-0.1, -0.05) is 6.07 Å². The van der Waals surface area contributed by atoms with Crippen LogP contribution in [-0.2, 0) is 4.79 Å². The molecule has 1 heterocycles. The molecule has 0 saturated carbocycles. The average molecular weight is 250 g/mol. The Morgan fingerprint density at radius 1 is 1.44 bits per heavy atom. The van der Waals surface area contributed by atoms with Crippen molar-refractivity contribution in [2.24, 2.45) is 0 Å². The number of nitrogens with one attached hydrogen (secondary N) is 2. The standard InChI is InChI=1S/C12H18N4O2/c1-9(10-5-4-6-13-7-10)15-11(17)8-14-12(18)16(2)3/h4-7,9H,8H2,1-3H3,(H,14,18)(H,15,17). The molecule has 0 fully saturated rings. The number of hydrogen-bond acceptors (Lipinski definition) is 3. The number of carbonyl (C=O) groups is 2. The number of urea groups is 1. The number of hydrogen-bond donors (Lipinski definition) is 2. The van der Waals surface area contributed by atoms with Crippen molar-refractivity contribution in [2.45, 2.75) is 13.0 Å². The summed E-state index contributed by atoms with van der Waals surface area (Å²) < 4.78 is 0. The molecule has 0 radical (unpaired) electrons. The molecule has 6 nitrogen and oxygen atoms in total. The van der Waals surface area contributed by atoms with Gasteiger partial charge in [-0.3, -0.25) is 9.78 Å². The highest BCUT2D eigenvalue weighted by Crippen LogP contribution is 2.08. The Morgan fingerprint density at radius 3 is 2.72 bits per heavy atom. The van der Waals surface area contributed by atoms with Crippen LogP contribution in [0.4, 0.5) is 4.79 Å². The molecule has 0 bridgehead atoms. The maximum Gasteiger partial charge on any atom is 0.317 e. The summed E-state index contributed by atoms with van der Waals surface area (Å²) in [5.41, 5.74) is 0.921. The number of rotatable bonds is 4. The van der Waals surface area contributed by atoms with E-state index in [0.29, 0.717) is 0 Å². The number of aromatic nitrogens is 1. The third-order valence-corrected chi connectivity index (χ3v) is 2.37. The summed E-state index contributed by atoms with van der Waals surface area (Å²) in [6.07, 6.45) is 3.37. The lowest BCUT2D eigenvalue weighted by molar-refractivity contribution is -0.120. The summed E-state index contributed by atoms with van der Waals surface area (Å²) in [6.45, 7) is 1.82. The highest BCUT2D eigenvalue weighted by Gasteiger charge is 2.11. The van der Waals surface area contributed by atoms with Crippen LogP contribution in [0.15, 0.2) is 24.5 Å². The minimum absolute atomic E-state index is 0.0401. The van der Waals surface area contributed by atoms with Gasteiger partial charge in [-0.25, -0.2) is 4.79 Å². The molecule has 2 N–H and O–H groups in total. The highest BCUT2D eigenvalue weighted by molar-refractivity contribution is 5.83. The first-order valence-electron chi connectivity index (χ1n) is 5.65. The second-order valence-corrected chi connectivity index (χ2v) is 4.13. The molecule has 1 aromatic heterocycles. The normalized spacial score (nSPS) is 11.5. The topological polar surface area (TPSA) is 74.3 Å². The van der Waals surface area contributed by atoms with Gasteiger partial charge >= 0.3 is 6.03 Å². The Hall–Kier alpha value is -2.11. The van der Waals surface area contributed by atoms with Gasteiger partial charge in [0.2, 0.25) is 5.91 Å². The molecule has 1 unspecified atom stereocenters. The molecule has 3 amide bonds. The van der Waals surface area contributed by atoms with Crippen molar-refractivity contribution in [3.8, 4) is 0 Å². The summed E-state index contributed by atoms with van der Waals surface area (Å²) in [5.74, 6) is -0.235. The quantitative estimate of drug-likeness (QED) is 0.818. The van der Waals surface area contributed by atoms with Crippen LogP contribution in [0.2, 0.25) is 0 Å². The van der Waals surface area contributed by atoms with Crippen molar-refractivity contribution < 1.29 is 9.59 Å². The summed E-state index contributed by atoms with van der Waals surface area (Å²) in [6, 6.07) is 3.27. The van der Waals surface area contributed by atoms with Gasteiger partial charge in [0, 0.05) is 26.5 Å². The van der Waals surface area contributed by atoms with Gasteiger partial charge < -0.3 is 15.5 Å². The Kier molecular flexibility index (Phi) is 5.10. The van der Waals surface area contributed by atoms with E-state index in [1.54, 1.807) is 26.5 Å². The van der Waals surface area contributed by atoms with Crippen LogP contribution >= 0.6 is 0 Å². The number of nitrogens with zero attached hydrogens (tertiary/aromatic N) is 2. The molecule has 1 rings (SSSR count). The first-order valence-corrected chi connectivity index (χ1v) is 5.65. The smallest absolute Gasteiger partial charge is 0.317 e. The molecule has 0 saturated heterocycles. The van der Waals surface area contributed by atoms with Gasteiger partial charge in [0.15, 0.2) is 0 Å². The van der Waals surface area contributed by atoms with Crippen LogP contribution in [0.3, 0.4) is 0 Å². The molecular weight excluding hydrogens is 232 g/mol. The maximum absolute atomic E-state index is 11.6. The third kappa shape index (κ3) is 4.40. The minimum Gasteiger partial charge on any atom is -0.348 e. The van der Waals surface area contributed by atoms with Gasteiger partial charge in [0.25, 0.3) is 0 Å². The van der Waals surface area contributed by atoms with Crippen LogP contribution in [0.5, 0.6) is 0 Å². The Bertz CT molecular complexity index is 406. The molecule has 0 aliphatic carbocycles. The number of carbonyl (C=O) groups excluding carboxylic acids is 2. The van der Waals surface area contributed by atoms with E-state index in [1.165, 1.54) is 4.90 Å². The predicted octanol–water partition coefficient (Wildman–Crippen LogP) is 0.530. The predicted molar refractivity (Wildman–Crippen MR) is 67.9 cm³/mol. The van der Waals surface area contributed by atoms with E-state index in [9.17, 15) is 9.59 Å². The van der Waals surface area contributed by atoms with Gasteiger partial charge in [-0.05, 0) is 18.6 Å². The Morgan fingerprint density at radius 2 is 2.17 bits per heavy atom. The van der Waals surface area contributed by atoms with E-state index in [-0.39, 0.29) is 24.5 Å². The lowest BCUT2D eigenvalue weighted by Gasteiger charge is -2.15. The summed E-state index contributed by atoms with van der Waals surface area (Å²) in [5, 5.41) is 5.28. The van der Waals surface area contributed by atoms with E-state index < -0.39 is 0 Å². The highest BCUT2D eigenvalue weighted by atomic mass is 16.2. The molecule has 98 valence electrons. The zero-order valence-electron chi connectivity index (χ0n) is 10.8. The lowest BCUT2D eigenvalue weighted by Crippen LogP contribution is -2.42. The fourth-order valence-electron chi connectivity index (χ4n) is 1.32. The van der Waals surface area contributed by atoms with Crippen molar-refractivity contribution in [1.29, 1.82) is 0 Å². The van der Waals surface area contributed by atoms with Gasteiger partial charge in [-0.15, -0.1) is 0 Å². The lowest BCUT2D eigenvalue weighted by atomic mass is 10.1. The molecule has 0 aliphatic heterocycles. The average Bonchev–Trinajstić information content (AvgIpc) is 2.36. The first kappa shape index (κ1) is 14.0. The molecule has 6 heteroatoms. The third-order valence-electron chi connectivity index (χ3n) is 2.37. The second kappa shape index (κ2) is 6.58. The fourth-order valence-corrected chi connectivity index (χ4v) is 1.32. The summed E-state index contributed by atoms with van der Waals surface area (Å²) in [7, 11) is 3.23. The van der Waals surface area contributed by atoms with E-state index in [4.69, 9.17) is 0 Å². The van der Waals surface area contributed by atoms with Crippen LogP contribution < -0.4 is 10.6 Å². The van der Waals surface area contributed by atoms with E-state index in [1.807, 2.05) is 19.1 Å². The largest absolute Gasteiger partial charge is 0.348 e. The van der Waals surface area contributed by atoms with Gasteiger partial charge in [0.1, 0.15) is 0 Å².